The number of rotatable bonds is 4. The smallest absolute Gasteiger partial charge is 0.440 e. The third-order valence-electron chi connectivity index (χ3n) is 3.85. The van der Waals surface area contributed by atoms with Gasteiger partial charge >= 0.3 is 18.6 Å². The van der Waals surface area contributed by atoms with Crippen molar-refractivity contribution >= 4 is 17.7 Å². The lowest BCUT2D eigenvalue weighted by Gasteiger charge is -2.30. The molecular weight excluding hydrogens is 398 g/mol. The normalized spacial score (nSPS) is 15.9. The van der Waals surface area contributed by atoms with Crippen LogP contribution in [0.4, 0.5) is 36.8 Å². The van der Waals surface area contributed by atoms with Gasteiger partial charge in [-0.05, 0) is 25.0 Å². The van der Waals surface area contributed by atoms with Crippen LogP contribution in [0.2, 0.25) is 0 Å². The molecule has 156 valence electrons. The maximum atomic E-state index is 12.4. The number of benzene rings is 1. The van der Waals surface area contributed by atoms with Crippen molar-refractivity contribution in [1.29, 1.82) is 0 Å². The fourth-order valence-electron chi connectivity index (χ4n) is 2.58. The molecule has 0 atom stereocenters. The summed E-state index contributed by atoms with van der Waals surface area (Å²) in [6.45, 7) is -1.74. The number of alkyl halides is 6. The van der Waals surface area contributed by atoms with Gasteiger partial charge in [0.1, 0.15) is 0 Å². The van der Waals surface area contributed by atoms with Crippen LogP contribution in [0.3, 0.4) is 0 Å². The van der Waals surface area contributed by atoms with Crippen LogP contribution < -0.4 is 10.1 Å². The molecule has 2 rings (SSSR count). The zero-order valence-electron chi connectivity index (χ0n) is 14.3. The van der Waals surface area contributed by atoms with Crippen molar-refractivity contribution in [1.82, 2.24) is 4.90 Å². The molecule has 0 unspecified atom stereocenters. The van der Waals surface area contributed by atoms with E-state index in [2.05, 4.69) is 14.8 Å². The average Bonchev–Trinajstić information content (AvgIpc) is 2.59. The Balaban J connectivity index is 1.88. The first-order valence-corrected chi connectivity index (χ1v) is 8.09. The molecule has 28 heavy (non-hydrogen) atoms. The van der Waals surface area contributed by atoms with Crippen molar-refractivity contribution in [2.24, 2.45) is 5.92 Å². The van der Waals surface area contributed by atoms with Gasteiger partial charge in [-0.1, -0.05) is 12.1 Å². The fourth-order valence-corrected chi connectivity index (χ4v) is 2.58. The lowest BCUT2D eigenvalue weighted by atomic mass is 9.96. The number of carbonyl (C=O) groups excluding carboxylic acids is 2. The number of nitrogens with one attached hydrogen (secondary N) is 1. The van der Waals surface area contributed by atoms with Crippen LogP contribution in [0.15, 0.2) is 24.3 Å². The molecule has 0 spiro atoms. The summed E-state index contributed by atoms with van der Waals surface area (Å²) in [6.07, 6.45) is -10.5. The summed E-state index contributed by atoms with van der Waals surface area (Å²) >= 11 is 0. The molecule has 0 aromatic heterocycles. The van der Waals surface area contributed by atoms with Crippen molar-refractivity contribution in [2.45, 2.75) is 25.4 Å². The summed E-state index contributed by atoms with van der Waals surface area (Å²) < 4.78 is 81.4. The average molecular weight is 414 g/mol. The van der Waals surface area contributed by atoms with E-state index in [0.29, 0.717) is 0 Å². The van der Waals surface area contributed by atoms with Crippen molar-refractivity contribution in [3.8, 4) is 5.75 Å². The van der Waals surface area contributed by atoms with Crippen LogP contribution in [0.25, 0.3) is 0 Å². The van der Waals surface area contributed by atoms with E-state index in [1.165, 1.54) is 18.2 Å². The third-order valence-corrected chi connectivity index (χ3v) is 3.85. The Morgan fingerprint density at radius 3 is 2.25 bits per heavy atom. The van der Waals surface area contributed by atoms with E-state index >= 15 is 0 Å². The molecule has 2 amide bonds. The standard InChI is InChI=1S/C16H16F6N2O4/c17-15(18,19)9-27-14(26)24-7-5-10(6-8-24)13(25)23-11-3-1-2-4-12(11)28-16(20,21)22/h1-4,10H,5-9H2,(H,23,25). The Hall–Kier alpha value is -2.66. The van der Waals surface area contributed by atoms with Gasteiger partial charge in [0.25, 0.3) is 0 Å². The van der Waals surface area contributed by atoms with Gasteiger partial charge in [0.2, 0.25) is 5.91 Å². The number of likely N-dealkylation sites (tertiary alicyclic amines) is 1. The molecular formula is C16H16F6N2O4. The Morgan fingerprint density at radius 2 is 1.68 bits per heavy atom. The molecule has 0 saturated carbocycles. The van der Waals surface area contributed by atoms with Crippen LogP contribution in [0.1, 0.15) is 12.8 Å². The first kappa shape index (κ1) is 21.6. The molecule has 12 heteroatoms. The SMILES string of the molecule is O=C(Nc1ccccc1OC(F)(F)F)C1CCN(C(=O)OCC(F)(F)F)CC1. The summed E-state index contributed by atoms with van der Waals surface area (Å²) in [4.78, 5) is 24.9. The summed E-state index contributed by atoms with van der Waals surface area (Å²) in [5, 5.41) is 2.34. The van der Waals surface area contributed by atoms with E-state index in [9.17, 15) is 35.9 Å². The van der Waals surface area contributed by atoms with E-state index in [4.69, 9.17) is 0 Å². The maximum absolute atomic E-state index is 12.4. The molecule has 1 saturated heterocycles. The zero-order valence-corrected chi connectivity index (χ0v) is 14.3. The second-order valence-corrected chi connectivity index (χ2v) is 5.96. The van der Waals surface area contributed by atoms with E-state index in [0.717, 1.165) is 11.0 Å². The van der Waals surface area contributed by atoms with Crippen molar-refractivity contribution in [3.05, 3.63) is 24.3 Å². The van der Waals surface area contributed by atoms with Gasteiger partial charge < -0.3 is 19.7 Å². The lowest BCUT2D eigenvalue weighted by molar-refractivity contribution is -0.274. The molecule has 0 radical (unpaired) electrons. The van der Waals surface area contributed by atoms with Crippen LogP contribution in [0.5, 0.6) is 5.75 Å². The number of hydrogen-bond acceptors (Lipinski definition) is 4. The monoisotopic (exact) mass is 414 g/mol. The molecule has 1 aliphatic rings. The molecule has 0 aliphatic carbocycles. The molecule has 0 bridgehead atoms. The number of hydrogen-bond donors (Lipinski definition) is 1. The van der Waals surface area contributed by atoms with E-state index in [1.54, 1.807) is 0 Å². The number of carbonyl (C=O) groups is 2. The number of anilines is 1. The first-order chi connectivity index (χ1) is 12.9. The molecule has 1 aromatic carbocycles. The van der Waals surface area contributed by atoms with Gasteiger partial charge in [-0.2, -0.15) is 13.2 Å². The second-order valence-electron chi connectivity index (χ2n) is 5.96. The Morgan fingerprint density at radius 1 is 1.07 bits per heavy atom. The molecule has 1 heterocycles. The lowest BCUT2D eigenvalue weighted by Crippen LogP contribution is -2.42. The number of amides is 2. The maximum Gasteiger partial charge on any atom is 0.573 e. The predicted octanol–water partition coefficient (Wildman–Crippen LogP) is 3.93. The number of piperidine rings is 1. The van der Waals surface area contributed by atoms with E-state index in [1.807, 2.05) is 0 Å². The van der Waals surface area contributed by atoms with Crippen molar-refractivity contribution in [3.63, 3.8) is 0 Å². The van der Waals surface area contributed by atoms with Gasteiger partial charge in [-0.3, -0.25) is 4.79 Å². The third kappa shape index (κ3) is 6.82. The topological polar surface area (TPSA) is 67.9 Å². The first-order valence-electron chi connectivity index (χ1n) is 8.09. The molecule has 6 nitrogen and oxygen atoms in total. The van der Waals surface area contributed by atoms with Gasteiger partial charge in [-0.25, -0.2) is 4.79 Å². The number of nitrogens with zero attached hydrogens (tertiary/aromatic N) is 1. The number of para-hydroxylation sites is 2. The zero-order chi connectivity index (χ0) is 20.9. The second kappa shape index (κ2) is 8.57. The quantitative estimate of drug-likeness (QED) is 0.759. The van der Waals surface area contributed by atoms with Crippen LogP contribution in [-0.4, -0.2) is 49.1 Å². The summed E-state index contributed by atoms with van der Waals surface area (Å²) in [7, 11) is 0. The number of ether oxygens (including phenoxy) is 2. The molecule has 1 aromatic rings. The van der Waals surface area contributed by atoms with Crippen molar-refractivity contribution in [2.75, 3.05) is 25.0 Å². The van der Waals surface area contributed by atoms with Gasteiger partial charge in [-0.15, -0.1) is 13.2 Å². The summed E-state index contributed by atoms with van der Waals surface area (Å²) in [6, 6.07) is 5.00. The van der Waals surface area contributed by atoms with Gasteiger partial charge in [0.05, 0.1) is 5.69 Å². The highest BCUT2D eigenvalue weighted by atomic mass is 19.4. The number of halogens is 6. The summed E-state index contributed by atoms with van der Waals surface area (Å²) in [5.74, 6) is -1.79. The highest BCUT2D eigenvalue weighted by Gasteiger charge is 2.34. The van der Waals surface area contributed by atoms with Crippen LogP contribution >= 0.6 is 0 Å². The minimum Gasteiger partial charge on any atom is -0.440 e. The molecule has 1 N–H and O–H groups in total. The Bertz CT molecular complexity index is 699. The highest BCUT2D eigenvalue weighted by molar-refractivity contribution is 5.94. The van der Waals surface area contributed by atoms with Crippen LogP contribution in [-0.2, 0) is 9.53 Å². The molecule has 1 aliphatic heterocycles. The Kier molecular flexibility index (Phi) is 6.62. The van der Waals surface area contributed by atoms with E-state index in [-0.39, 0.29) is 31.6 Å². The predicted molar refractivity (Wildman–Crippen MR) is 83.5 cm³/mol. The van der Waals surface area contributed by atoms with E-state index < -0.39 is 42.8 Å². The largest absolute Gasteiger partial charge is 0.573 e. The minimum absolute atomic E-state index is 0.0184. The fraction of sp³-hybridized carbons (Fsp3) is 0.500. The van der Waals surface area contributed by atoms with Crippen LogP contribution in [0, 0.1) is 5.92 Å². The van der Waals surface area contributed by atoms with Crippen molar-refractivity contribution < 1.29 is 45.4 Å². The minimum atomic E-state index is -4.93. The highest BCUT2D eigenvalue weighted by Crippen LogP contribution is 2.31. The van der Waals surface area contributed by atoms with Gasteiger partial charge in [0.15, 0.2) is 12.4 Å². The molecule has 1 fully saturated rings. The van der Waals surface area contributed by atoms with Gasteiger partial charge in [0, 0.05) is 19.0 Å². The Labute approximate surface area is 155 Å². The summed E-state index contributed by atoms with van der Waals surface area (Å²) in [5.41, 5.74) is -0.170.